The van der Waals surface area contributed by atoms with E-state index in [1.807, 2.05) is 13.0 Å². The normalized spacial score (nSPS) is 20.7. The van der Waals surface area contributed by atoms with Gasteiger partial charge in [-0.05, 0) is 44.2 Å². The molecule has 1 fully saturated rings. The van der Waals surface area contributed by atoms with Gasteiger partial charge in [-0.2, -0.15) is 0 Å². The van der Waals surface area contributed by atoms with Gasteiger partial charge in [0.1, 0.15) is 11.2 Å². The monoisotopic (exact) mass is 329 g/mol. The highest BCUT2D eigenvalue weighted by atomic mass is 16.4. The molecule has 0 aromatic carbocycles. The summed E-state index contributed by atoms with van der Waals surface area (Å²) in [5, 5.41) is 11.8. The molecule has 3 rings (SSSR count). The third kappa shape index (κ3) is 3.02. The Morgan fingerprint density at radius 2 is 2.00 bits per heavy atom. The van der Waals surface area contributed by atoms with Crippen LogP contribution in [-0.2, 0) is 4.79 Å². The largest absolute Gasteiger partial charge is 0.481 e. The number of aliphatic carboxylic acids is 1. The van der Waals surface area contributed by atoms with Crippen molar-refractivity contribution < 1.29 is 14.7 Å². The Morgan fingerprint density at radius 1 is 1.29 bits per heavy atom. The van der Waals surface area contributed by atoms with E-state index >= 15 is 0 Å². The van der Waals surface area contributed by atoms with E-state index in [0.29, 0.717) is 31.3 Å². The number of rotatable bonds is 3. The molecule has 0 atom stereocenters. The van der Waals surface area contributed by atoms with Crippen molar-refractivity contribution in [2.45, 2.75) is 38.6 Å². The number of aryl methyl sites for hydroxylation is 1. The lowest BCUT2D eigenvalue weighted by Gasteiger charge is -2.26. The van der Waals surface area contributed by atoms with Gasteiger partial charge in [0.2, 0.25) is 0 Å². The summed E-state index contributed by atoms with van der Waals surface area (Å²) in [7, 11) is 0. The first-order valence-electron chi connectivity index (χ1n) is 7.98. The number of hydrogen-bond donors (Lipinski definition) is 2. The number of nitrogens with zero attached hydrogens (tertiary/aromatic N) is 2. The molecule has 0 saturated heterocycles. The predicted molar refractivity (Wildman–Crippen MR) is 87.0 cm³/mol. The smallest absolute Gasteiger partial charge is 0.306 e. The van der Waals surface area contributed by atoms with Crippen LogP contribution in [0.5, 0.6) is 0 Å². The SMILES string of the molecule is Cc1cccn2c(=O)c(C(=O)NC3CCC(C(=O)O)CC3)cnc12. The second-order valence-corrected chi connectivity index (χ2v) is 6.22. The number of fused-ring (bicyclic) bond motifs is 1. The van der Waals surface area contributed by atoms with E-state index in [1.165, 1.54) is 10.6 Å². The van der Waals surface area contributed by atoms with Crippen LogP contribution in [0.4, 0.5) is 0 Å². The molecule has 0 bridgehead atoms. The highest BCUT2D eigenvalue weighted by Crippen LogP contribution is 2.24. The second kappa shape index (κ2) is 6.43. The fraction of sp³-hybridized carbons (Fsp3) is 0.412. The third-order valence-electron chi connectivity index (χ3n) is 4.58. The molecule has 24 heavy (non-hydrogen) atoms. The molecule has 2 aromatic heterocycles. The number of amides is 1. The van der Waals surface area contributed by atoms with E-state index in [-0.39, 0.29) is 17.5 Å². The summed E-state index contributed by atoms with van der Waals surface area (Å²) in [5.74, 6) is -1.58. The van der Waals surface area contributed by atoms with Crippen LogP contribution in [0.15, 0.2) is 29.3 Å². The van der Waals surface area contributed by atoms with Gasteiger partial charge < -0.3 is 10.4 Å². The van der Waals surface area contributed by atoms with Crippen molar-refractivity contribution >= 4 is 17.5 Å². The van der Waals surface area contributed by atoms with Crippen LogP contribution in [-0.4, -0.2) is 32.4 Å². The summed E-state index contributed by atoms with van der Waals surface area (Å²) < 4.78 is 1.37. The molecule has 7 heteroatoms. The minimum Gasteiger partial charge on any atom is -0.481 e. The molecular weight excluding hydrogens is 310 g/mol. The van der Waals surface area contributed by atoms with E-state index in [9.17, 15) is 14.4 Å². The highest BCUT2D eigenvalue weighted by Gasteiger charge is 2.27. The molecule has 7 nitrogen and oxygen atoms in total. The number of aromatic nitrogens is 2. The van der Waals surface area contributed by atoms with Crippen LogP contribution in [0.25, 0.3) is 5.65 Å². The number of nitrogens with one attached hydrogen (secondary N) is 1. The Kier molecular flexibility index (Phi) is 4.33. The number of hydrogen-bond acceptors (Lipinski definition) is 4. The van der Waals surface area contributed by atoms with Crippen LogP contribution >= 0.6 is 0 Å². The minimum absolute atomic E-state index is 0.00143. The molecule has 1 saturated carbocycles. The summed E-state index contributed by atoms with van der Waals surface area (Å²) >= 11 is 0. The van der Waals surface area contributed by atoms with Gasteiger partial charge in [0, 0.05) is 18.4 Å². The topological polar surface area (TPSA) is 101 Å². The van der Waals surface area contributed by atoms with E-state index in [0.717, 1.165) is 5.56 Å². The highest BCUT2D eigenvalue weighted by molar-refractivity contribution is 5.94. The standard InChI is InChI=1S/C17H19N3O4/c1-10-3-2-8-20-14(10)18-9-13(16(20)22)15(21)19-12-6-4-11(5-7-12)17(23)24/h2-3,8-9,11-12H,4-7H2,1H3,(H,19,21)(H,23,24). The van der Waals surface area contributed by atoms with E-state index in [4.69, 9.17) is 5.11 Å². The minimum atomic E-state index is -0.785. The first-order chi connectivity index (χ1) is 11.5. The van der Waals surface area contributed by atoms with Crippen LogP contribution < -0.4 is 10.9 Å². The van der Waals surface area contributed by atoms with Crippen LogP contribution in [0.2, 0.25) is 0 Å². The molecule has 1 amide bonds. The molecule has 0 radical (unpaired) electrons. The van der Waals surface area contributed by atoms with Crippen molar-refractivity contribution in [1.82, 2.24) is 14.7 Å². The van der Waals surface area contributed by atoms with Crippen molar-refractivity contribution in [3.05, 3.63) is 46.0 Å². The molecule has 0 unspecified atom stereocenters. The lowest BCUT2D eigenvalue weighted by atomic mass is 9.86. The first kappa shape index (κ1) is 16.2. The quantitative estimate of drug-likeness (QED) is 0.886. The number of carbonyl (C=O) groups is 2. The number of carboxylic acids is 1. The molecule has 1 aliphatic carbocycles. The molecule has 2 heterocycles. The number of carboxylic acid groups (broad SMARTS) is 1. The van der Waals surface area contributed by atoms with Gasteiger partial charge in [0.15, 0.2) is 0 Å². The van der Waals surface area contributed by atoms with Crippen molar-refractivity contribution in [1.29, 1.82) is 0 Å². The van der Waals surface area contributed by atoms with Crippen LogP contribution in [0.1, 0.15) is 41.6 Å². The maximum Gasteiger partial charge on any atom is 0.306 e. The van der Waals surface area contributed by atoms with Gasteiger partial charge in [-0.1, -0.05) is 6.07 Å². The molecule has 0 spiro atoms. The maximum absolute atomic E-state index is 12.5. The summed E-state index contributed by atoms with van der Waals surface area (Å²) in [6.07, 6.45) is 5.17. The summed E-state index contributed by atoms with van der Waals surface area (Å²) in [5.41, 5.74) is 0.980. The zero-order valence-corrected chi connectivity index (χ0v) is 13.4. The second-order valence-electron chi connectivity index (χ2n) is 6.22. The third-order valence-corrected chi connectivity index (χ3v) is 4.58. The Morgan fingerprint density at radius 3 is 2.67 bits per heavy atom. The lowest BCUT2D eigenvalue weighted by Crippen LogP contribution is -2.41. The van der Waals surface area contributed by atoms with E-state index < -0.39 is 17.4 Å². The molecule has 126 valence electrons. The van der Waals surface area contributed by atoms with Crippen molar-refractivity contribution in [2.75, 3.05) is 0 Å². The molecule has 0 aliphatic heterocycles. The van der Waals surface area contributed by atoms with E-state index in [2.05, 4.69) is 10.3 Å². The van der Waals surface area contributed by atoms with E-state index in [1.54, 1.807) is 12.3 Å². The Labute approximate surface area is 138 Å². The zero-order valence-electron chi connectivity index (χ0n) is 13.4. The summed E-state index contributed by atoms with van der Waals surface area (Å²) in [4.78, 5) is 40.1. The lowest BCUT2D eigenvalue weighted by molar-refractivity contribution is -0.142. The van der Waals surface area contributed by atoms with Crippen LogP contribution in [0, 0.1) is 12.8 Å². The molecular formula is C17H19N3O4. The van der Waals surface area contributed by atoms with Gasteiger partial charge in [-0.25, -0.2) is 4.98 Å². The maximum atomic E-state index is 12.5. The number of pyridine rings is 1. The Bertz CT molecular complexity index is 851. The predicted octanol–water partition coefficient (Wildman–Crippen LogP) is 1.38. The van der Waals surface area contributed by atoms with Crippen molar-refractivity contribution in [3.8, 4) is 0 Å². The zero-order chi connectivity index (χ0) is 17.3. The Balaban J connectivity index is 1.77. The van der Waals surface area contributed by atoms with Crippen LogP contribution in [0.3, 0.4) is 0 Å². The fourth-order valence-corrected chi connectivity index (χ4v) is 3.15. The number of carbonyl (C=O) groups excluding carboxylic acids is 1. The van der Waals surface area contributed by atoms with Gasteiger partial charge in [-0.3, -0.25) is 18.8 Å². The summed E-state index contributed by atoms with van der Waals surface area (Å²) in [6, 6.07) is 3.48. The molecule has 1 aliphatic rings. The average molecular weight is 329 g/mol. The average Bonchev–Trinajstić information content (AvgIpc) is 2.56. The van der Waals surface area contributed by atoms with Crippen molar-refractivity contribution in [2.24, 2.45) is 5.92 Å². The first-order valence-corrected chi connectivity index (χ1v) is 7.98. The molecule has 2 aromatic rings. The Hall–Kier alpha value is -2.70. The fourth-order valence-electron chi connectivity index (χ4n) is 3.15. The van der Waals surface area contributed by atoms with Gasteiger partial charge in [-0.15, -0.1) is 0 Å². The summed E-state index contributed by atoms with van der Waals surface area (Å²) in [6.45, 7) is 1.85. The van der Waals surface area contributed by atoms with Crippen molar-refractivity contribution in [3.63, 3.8) is 0 Å². The van der Waals surface area contributed by atoms with Gasteiger partial charge in [0.05, 0.1) is 5.92 Å². The molecule has 2 N–H and O–H groups in total. The van der Waals surface area contributed by atoms with Gasteiger partial charge >= 0.3 is 5.97 Å². The van der Waals surface area contributed by atoms with Gasteiger partial charge in [0.25, 0.3) is 11.5 Å².